The number of aromatic nitrogens is 3. The van der Waals surface area contributed by atoms with E-state index in [9.17, 15) is 4.79 Å². The van der Waals surface area contributed by atoms with Crippen molar-refractivity contribution in [3.63, 3.8) is 0 Å². The predicted octanol–water partition coefficient (Wildman–Crippen LogP) is 5.65. The number of likely N-dealkylation sites (N-methyl/N-ethyl adjacent to an activating group) is 1. The van der Waals surface area contributed by atoms with Crippen molar-refractivity contribution in [3.05, 3.63) is 58.7 Å². The van der Waals surface area contributed by atoms with E-state index in [1.165, 1.54) is 0 Å². The molecule has 0 spiro atoms. The van der Waals surface area contributed by atoms with Gasteiger partial charge in [0.15, 0.2) is 5.78 Å². The quantitative estimate of drug-likeness (QED) is 0.315. The minimum Gasteiger partial charge on any atom is -0.308 e. The van der Waals surface area contributed by atoms with Crippen molar-refractivity contribution in [1.82, 2.24) is 18.9 Å². The summed E-state index contributed by atoms with van der Waals surface area (Å²) in [6, 6.07) is 16.3. The molecule has 0 amide bonds. The normalized spacial score (nSPS) is 11.8. The molecule has 30 heavy (non-hydrogen) atoms. The van der Waals surface area contributed by atoms with Gasteiger partial charge in [-0.2, -0.15) is 0 Å². The predicted molar refractivity (Wildman–Crippen MR) is 126 cm³/mol. The second-order valence-electron chi connectivity index (χ2n) is 7.40. The fraction of sp³-hybridized carbons (Fsp3) is 0.333. The van der Waals surface area contributed by atoms with Gasteiger partial charge in [-0.05, 0) is 37.4 Å². The largest absolute Gasteiger partial charge is 0.308 e. The van der Waals surface area contributed by atoms with Crippen LogP contribution in [0.2, 0.25) is 0 Å². The van der Waals surface area contributed by atoms with Crippen molar-refractivity contribution < 1.29 is 4.79 Å². The summed E-state index contributed by atoms with van der Waals surface area (Å²) in [5.41, 5.74) is 4.52. The molecule has 5 nitrogen and oxygen atoms in total. The van der Waals surface area contributed by atoms with Gasteiger partial charge >= 0.3 is 0 Å². The van der Waals surface area contributed by atoms with Crippen LogP contribution in [-0.2, 0) is 6.54 Å². The number of para-hydroxylation sites is 2. The Morgan fingerprint density at radius 3 is 2.30 bits per heavy atom. The minimum absolute atomic E-state index is 0.104. The molecule has 2 aromatic carbocycles. The molecule has 0 atom stereocenters. The first-order valence-corrected chi connectivity index (χ1v) is 11.4. The number of ketones is 1. The summed E-state index contributed by atoms with van der Waals surface area (Å²) in [5, 5.41) is 0. The second-order valence-corrected chi connectivity index (χ2v) is 8.31. The summed E-state index contributed by atoms with van der Waals surface area (Å²) < 4.78 is 5.32. The third-order valence-corrected chi connectivity index (χ3v) is 6.28. The molecule has 4 rings (SSSR count). The summed E-state index contributed by atoms with van der Waals surface area (Å²) in [4.78, 5) is 20.5. The molecule has 4 aromatic rings. The fourth-order valence-corrected chi connectivity index (χ4v) is 4.31. The van der Waals surface area contributed by atoms with Gasteiger partial charge in [0.05, 0.1) is 11.0 Å². The van der Waals surface area contributed by atoms with Gasteiger partial charge in [-0.3, -0.25) is 9.20 Å². The van der Waals surface area contributed by atoms with Crippen molar-refractivity contribution in [2.24, 2.45) is 0 Å². The van der Waals surface area contributed by atoms with Crippen molar-refractivity contribution in [2.45, 2.75) is 33.7 Å². The molecular formula is C24H27BrN4O. The lowest BCUT2D eigenvalue weighted by molar-refractivity contribution is 0.0983. The first kappa shape index (κ1) is 20.8. The molecular weight excluding hydrogens is 440 g/mol. The molecule has 0 unspecified atom stereocenters. The van der Waals surface area contributed by atoms with Crippen molar-refractivity contribution in [3.8, 4) is 11.3 Å². The van der Waals surface area contributed by atoms with Crippen molar-refractivity contribution in [2.75, 3.05) is 19.6 Å². The highest BCUT2D eigenvalue weighted by molar-refractivity contribution is 9.10. The third kappa shape index (κ3) is 3.59. The molecule has 0 radical (unpaired) electrons. The number of rotatable bonds is 8. The van der Waals surface area contributed by atoms with Gasteiger partial charge in [0.1, 0.15) is 11.4 Å². The van der Waals surface area contributed by atoms with Crippen LogP contribution in [0.3, 0.4) is 0 Å². The molecule has 0 saturated heterocycles. The van der Waals surface area contributed by atoms with Gasteiger partial charge < -0.3 is 9.47 Å². The van der Waals surface area contributed by atoms with Gasteiger partial charge in [0.2, 0.25) is 5.78 Å². The zero-order valence-electron chi connectivity index (χ0n) is 17.7. The van der Waals surface area contributed by atoms with Gasteiger partial charge in [-0.25, -0.2) is 4.98 Å². The number of Topliss-reactive ketones (excluding diaryl/α,β-unsaturated/α-hetero) is 1. The van der Waals surface area contributed by atoms with Crippen LogP contribution < -0.4 is 0 Å². The number of carbonyl (C=O) groups excluding carboxylic acids is 1. The monoisotopic (exact) mass is 466 g/mol. The van der Waals surface area contributed by atoms with E-state index in [2.05, 4.69) is 55.8 Å². The van der Waals surface area contributed by atoms with Crippen LogP contribution in [0.4, 0.5) is 0 Å². The topological polar surface area (TPSA) is 42.5 Å². The molecule has 6 heteroatoms. The van der Waals surface area contributed by atoms with Crippen LogP contribution in [0, 0.1) is 0 Å². The van der Waals surface area contributed by atoms with E-state index >= 15 is 0 Å². The highest BCUT2D eigenvalue weighted by atomic mass is 79.9. The molecule has 156 valence electrons. The Morgan fingerprint density at radius 2 is 1.67 bits per heavy atom. The molecule has 0 saturated carbocycles. The Morgan fingerprint density at radius 1 is 1.00 bits per heavy atom. The first-order chi connectivity index (χ1) is 14.6. The maximum absolute atomic E-state index is 13.1. The van der Waals surface area contributed by atoms with Crippen molar-refractivity contribution in [1.29, 1.82) is 0 Å². The van der Waals surface area contributed by atoms with E-state index in [1.807, 2.05) is 43.3 Å². The Labute approximate surface area is 185 Å². The smallest absolute Gasteiger partial charge is 0.216 e. The highest BCUT2D eigenvalue weighted by Gasteiger charge is 2.24. The van der Waals surface area contributed by atoms with Crippen LogP contribution in [0.15, 0.2) is 53.0 Å². The summed E-state index contributed by atoms with van der Waals surface area (Å²) >= 11 is 3.50. The van der Waals surface area contributed by atoms with Crippen LogP contribution in [0.1, 0.15) is 37.7 Å². The van der Waals surface area contributed by atoms with E-state index in [4.69, 9.17) is 4.98 Å². The fourth-order valence-electron chi connectivity index (χ4n) is 4.04. The number of benzene rings is 2. The van der Waals surface area contributed by atoms with Gasteiger partial charge in [0, 0.05) is 29.5 Å². The van der Waals surface area contributed by atoms with E-state index in [0.717, 1.165) is 58.7 Å². The average molecular weight is 467 g/mol. The van der Waals surface area contributed by atoms with Crippen LogP contribution >= 0.6 is 15.9 Å². The maximum atomic E-state index is 13.1. The van der Waals surface area contributed by atoms with Crippen molar-refractivity contribution >= 4 is 38.5 Å². The standard InChI is InChI=1S/C24H27BrN4O/c1-4-21(30)23-22(17-11-13-18(25)14-12-17)26-24-28(16-15-27(5-2)6-3)19-9-7-8-10-20(19)29(23)24/h7-14H,4-6,15-16H2,1-3H3. The zero-order valence-corrected chi connectivity index (χ0v) is 19.3. The van der Waals surface area contributed by atoms with Crippen LogP contribution in [-0.4, -0.2) is 44.3 Å². The molecule has 2 aromatic heterocycles. The van der Waals surface area contributed by atoms with E-state index in [1.54, 1.807) is 0 Å². The lowest BCUT2D eigenvalue weighted by Gasteiger charge is -2.18. The Balaban J connectivity index is 1.97. The second kappa shape index (κ2) is 8.74. The lowest BCUT2D eigenvalue weighted by atomic mass is 10.1. The van der Waals surface area contributed by atoms with E-state index in [0.29, 0.717) is 12.1 Å². The Hall–Kier alpha value is -2.44. The first-order valence-electron chi connectivity index (χ1n) is 10.6. The van der Waals surface area contributed by atoms with Gasteiger partial charge in [-0.1, -0.05) is 61.0 Å². The number of carbonyl (C=O) groups is 1. The molecule has 0 aliphatic rings. The number of fused-ring (bicyclic) bond motifs is 3. The minimum atomic E-state index is 0.104. The van der Waals surface area contributed by atoms with Crippen LogP contribution in [0.5, 0.6) is 0 Å². The Bertz CT molecular complexity index is 1190. The SMILES string of the molecule is CCC(=O)c1c(-c2ccc(Br)cc2)nc2n(CCN(CC)CC)c3ccccc3n12. The molecule has 2 heterocycles. The number of halogens is 1. The van der Waals surface area contributed by atoms with Crippen LogP contribution in [0.25, 0.3) is 28.1 Å². The average Bonchev–Trinajstić information content (AvgIpc) is 3.30. The molecule has 0 bridgehead atoms. The highest BCUT2D eigenvalue weighted by Crippen LogP contribution is 2.31. The lowest BCUT2D eigenvalue weighted by Crippen LogP contribution is -2.27. The molecule has 0 fully saturated rings. The maximum Gasteiger partial charge on any atom is 0.216 e. The zero-order chi connectivity index (χ0) is 21.3. The molecule has 0 N–H and O–H groups in total. The Kier molecular flexibility index (Phi) is 6.06. The number of imidazole rings is 2. The van der Waals surface area contributed by atoms with Gasteiger partial charge in [0.25, 0.3) is 0 Å². The number of hydrogen-bond acceptors (Lipinski definition) is 3. The number of nitrogens with zero attached hydrogens (tertiary/aromatic N) is 4. The summed E-state index contributed by atoms with van der Waals surface area (Å²) in [5.74, 6) is 0.935. The molecule has 0 aliphatic carbocycles. The summed E-state index contributed by atoms with van der Waals surface area (Å²) in [7, 11) is 0. The van der Waals surface area contributed by atoms with E-state index < -0.39 is 0 Å². The molecule has 0 aliphatic heterocycles. The summed E-state index contributed by atoms with van der Waals surface area (Å²) in [6.45, 7) is 10.1. The van der Waals surface area contributed by atoms with E-state index in [-0.39, 0.29) is 5.78 Å². The number of hydrogen-bond donors (Lipinski definition) is 0. The van der Waals surface area contributed by atoms with Gasteiger partial charge in [-0.15, -0.1) is 0 Å². The summed E-state index contributed by atoms with van der Waals surface area (Å²) in [6.07, 6.45) is 0.441. The third-order valence-electron chi connectivity index (χ3n) is 5.75.